The van der Waals surface area contributed by atoms with E-state index in [-0.39, 0.29) is 22.5 Å². The molecule has 3 saturated heterocycles. The number of aryl methyl sites for hydroxylation is 1. The van der Waals surface area contributed by atoms with Crippen LogP contribution in [0.1, 0.15) is 24.5 Å². The van der Waals surface area contributed by atoms with Gasteiger partial charge in [0.05, 0.1) is 19.9 Å². The number of nitrogens with one attached hydrogen (secondary N) is 1. The molecule has 1 aromatic heterocycles. The molecule has 0 aliphatic carbocycles. The van der Waals surface area contributed by atoms with Gasteiger partial charge in [-0.2, -0.15) is 5.10 Å². The van der Waals surface area contributed by atoms with Crippen LogP contribution in [-0.2, 0) is 17.1 Å². The number of hydrogen-bond acceptors (Lipinski definition) is 6. The fourth-order valence-corrected chi connectivity index (χ4v) is 6.81. The third-order valence-electron chi connectivity index (χ3n) is 7.48. The Morgan fingerprint density at radius 1 is 1.11 bits per heavy atom. The first kappa shape index (κ1) is 24.7. The van der Waals surface area contributed by atoms with Crippen LogP contribution in [0.5, 0.6) is 11.5 Å². The molecule has 1 unspecified atom stereocenters. The molecule has 0 spiro atoms. The fourth-order valence-electron chi connectivity index (χ4n) is 5.55. The van der Waals surface area contributed by atoms with Gasteiger partial charge in [-0.1, -0.05) is 0 Å². The van der Waals surface area contributed by atoms with Crippen molar-refractivity contribution in [2.75, 3.05) is 33.9 Å². The van der Waals surface area contributed by atoms with Crippen LogP contribution in [0.2, 0.25) is 0 Å². The van der Waals surface area contributed by atoms with E-state index in [2.05, 4.69) is 20.8 Å². The van der Waals surface area contributed by atoms with E-state index < -0.39 is 10.0 Å². The predicted octanol–water partition coefficient (Wildman–Crippen LogP) is 3.40. The molecule has 0 radical (unpaired) electrons. The number of aromatic nitrogens is 2. The van der Waals surface area contributed by atoms with Gasteiger partial charge in [-0.15, -0.1) is 0 Å². The van der Waals surface area contributed by atoms with E-state index in [0.29, 0.717) is 24.1 Å². The Hall–Kier alpha value is -2.95. The summed E-state index contributed by atoms with van der Waals surface area (Å²) in [6.07, 6.45) is 1.97. The lowest BCUT2D eigenvalue weighted by atomic mass is 9.74. The first-order valence-electron chi connectivity index (χ1n) is 12.0. The zero-order chi connectivity index (χ0) is 25.4. The molecule has 3 fully saturated rings. The van der Waals surface area contributed by atoms with Crippen LogP contribution in [0.25, 0.3) is 11.3 Å². The highest BCUT2D eigenvalue weighted by atomic mass is 32.2. The van der Waals surface area contributed by atoms with E-state index in [1.807, 2.05) is 11.7 Å². The minimum absolute atomic E-state index is 0.0707. The number of nitrogens with zero attached hydrogens (tertiary/aromatic N) is 3. The monoisotopic (exact) mass is 514 g/mol. The van der Waals surface area contributed by atoms with Crippen molar-refractivity contribution in [2.45, 2.75) is 29.7 Å². The number of benzene rings is 2. The summed E-state index contributed by atoms with van der Waals surface area (Å²) in [7, 11) is 1.12. The number of halogens is 1. The molecule has 3 aliphatic heterocycles. The molecule has 36 heavy (non-hydrogen) atoms. The second kappa shape index (κ2) is 9.84. The Morgan fingerprint density at radius 2 is 1.89 bits per heavy atom. The number of methoxy groups -OCH3 is 2. The number of hydrogen-bond donors (Lipinski definition) is 1. The van der Waals surface area contributed by atoms with E-state index in [1.54, 1.807) is 24.3 Å². The summed E-state index contributed by atoms with van der Waals surface area (Å²) in [6.45, 7) is 2.12. The molecule has 3 aliphatic rings. The Bertz CT molecular complexity index is 1340. The van der Waals surface area contributed by atoms with Crippen LogP contribution < -0.4 is 14.2 Å². The predicted molar refractivity (Wildman–Crippen MR) is 134 cm³/mol. The molecule has 2 aromatic carbocycles. The zero-order valence-corrected chi connectivity index (χ0v) is 21.5. The van der Waals surface area contributed by atoms with E-state index >= 15 is 0 Å². The molecular weight excluding hydrogens is 483 g/mol. The average Bonchev–Trinajstić information content (AvgIpc) is 3.29. The van der Waals surface area contributed by atoms with E-state index in [9.17, 15) is 12.8 Å². The second-order valence-corrected chi connectivity index (χ2v) is 11.2. The van der Waals surface area contributed by atoms with Crippen molar-refractivity contribution < 1.29 is 22.3 Å². The molecule has 4 atom stereocenters. The van der Waals surface area contributed by atoms with Crippen LogP contribution in [0.15, 0.2) is 53.4 Å². The first-order chi connectivity index (χ1) is 17.3. The minimum atomic E-state index is -3.78. The quantitative estimate of drug-likeness (QED) is 0.496. The second-order valence-electron chi connectivity index (χ2n) is 9.49. The van der Waals surface area contributed by atoms with Crippen molar-refractivity contribution in [2.24, 2.45) is 13.0 Å². The summed E-state index contributed by atoms with van der Waals surface area (Å²) in [6, 6.07) is 13.4. The Balaban J connectivity index is 1.28. The van der Waals surface area contributed by atoms with Gasteiger partial charge in [0.15, 0.2) is 0 Å². The average molecular weight is 515 g/mol. The van der Waals surface area contributed by atoms with Gasteiger partial charge in [-0.3, -0.25) is 9.58 Å². The topological polar surface area (TPSA) is 85.7 Å². The van der Waals surface area contributed by atoms with Crippen LogP contribution in [0.4, 0.5) is 4.39 Å². The van der Waals surface area contributed by atoms with Crippen molar-refractivity contribution >= 4 is 10.0 Å². The van der Waals surface area contributed by atoms with Crippen molar-refractivity contribution in [3.05, 3.63) is 60.0 Å². The third-order valence-corrected chi connectivity index (χ3v) is 8.93. The van der Waals surface area contributed by atoms with Crippen molar-refractivity contribution in [3.63, 3.8) is 0 Å². The number of piperidine rings is 3. The highest BCUT2D eigenvalue weighted by Crippen LogP contribution is 2.42. The summed E-state index contributed by atoms with van der Waals surface area (Å²) in [4.78, 5) is 2.45. The van der Waals surface area contributed by atoms with E-state index in [1.165, 1.54) is 32.4 Å². The SMILES string of the molecule is COc1ccc(OC)c(S(=O)(=O)NC[C@H]2C[C@@H]3CCN2C[C@H]3c2cc(-c3ccc(F)cc3)nn2C)c1. The molecule has 3 aromatic rings. The lowest BCUT2D eigenvalue weighted by Crippen LogP contribution is -2.56. The Morgan fingerprint density at radius 3 is 2.56 bits per heavy atom. The van der Waals surface area contributed by atoms with Gasteiger partial charge in [0.1, 0.15) is 22.2 Å². The largest absolute Gasteiger partial charge is 0.497 e. The molecule has 2 bridgehead atoms. The normalized spacial score (nSPS) is 23.6. The summed E-state index contributed by atoms with van der Waals surface area (Å²) >= 11 is 0. The number of sulfonamides is 1. The van der Waals surface area contributed by atoms with Crippen LogP contribution in [0.3, 0.4) is 0 Å². The van der Waals surface area contributed by atoms with Crippen LogP contribution in [0, 0.1) is 11.7 Å². The molecular formula is C26H31FN4O4S. The Kier molecular flexibility index (Phi) is 6.76. The van der Waals surface area contributed by atoms with Gasteiger partial charge in [0.25, 0.3) is 0 Å². The number of rotatable bonds is 8. The molecule has 0 saturated carbocycles. The van der Waals surface area contributed by atoms with Gasteiger partial charge in [0, 0.05) is 49.4 Å². The first-order valence-corrected chi connectivity index (χ1v) is 13.5. The van der Waals surface area contributed by atoms with Crippen molar-refractivity contribution in [1.82, 2.24) is 19.4 Å². The summed E-state index contributed by atoms with van der Waals surface area (Å²) in [5.74, 6) is 1.22. The van der Waals surface area contributed by atoms with Crippen molar-refractivity contribution in [1.29, 1.82) is 0 Å². The molecule has 0 amide bonds. The molecule has 4 heterocycles. The minimum Gasteiger partial charge on any atom is -0.497 e. The van der Waals surface area contributed by atoms with E-state index in [4.69, 9.17) is 9.47 Å². The molecule has 6 rings (SSSR count). The summed E-state index contributed by atoms with van der Waals surface area (Å²) in [5.41, 5.74) is 2.88. The van der Waals surface area contributed by atoms with Gasteiger partial charge in [-0.05, 0) is 67.8 Å². The standard InChI is InChI=1S/C26H31FN4O4S/c1-30-24(14-23(29-30)17-4-6-19(27)7-5-17)22-16-31-11-10-18(22)12-20(31)15-28-36(32,33)26-13-21(34-2)8-9-25(26)35-3/h4-9,13-14,18,20,22,28H,10-12,15-16H2,1-3H3/t18-,20+,22+/m0/s1. The smallest absolute Gasteiger partial charge is 0.244 e. The maximum atomic E-state index is 13.3. The highest BCUT2D eigenvalue weighted by molar-refractivity contribution is 7.89. The number of fused-ring (bicyclic) bond motifs is 3. The summed E-state index contributed by atoms with van der Waals surface area (Å²) in [5, 5.41) is 4.68. The van der Waals surface area contributed by atoms with Crippen molar-refractivity contribution in [3.8, 4) is 22.8 Å². The Labute approximate surface area is 211 Å². The maximum absolute atomic E-state index is 13.3. The molecule has 8 nitrogen and oxygen atoms in total. The molecule has 192 valence electrons. The van der Waals surface area contributed by atoms with E-state index in [0.717, 1.165) is 42.9 Å². The fraction of sp³-hybridized carbons (Fsp3) is 0.423. The molecule has 10 heteroatoms. The van der Waals surface area contributed by atoms with Gasteiger partial charge >= 0.3 is 0 Å². The number of ether oxygens (including phenoxy) is 2. The third kappa shape index (κ3) is 4.72. The molecule has 1 N–H and O–H groups in total. The van der Waals surface area contributed by atoms with Gasteiger partial charge < -0.3 is 9.47 Å². The van der Waals surface area contributed by atoms with Gasteiger partial charge in [-0.25, -0.2) is 17.5 Å². The van der Waals surface area contributed by atoms with Crippen LogP contribution >= 0.6 is 0 Å². The van der Waals surface area contributed by atoms with Gasteiger partial charge in [0.2, 0.25) is 10.0 Å². The maximum Gasteiger partial charge on any atom is 0.244 e. The lowest BCUT2D eigenvalue weighted by molar-refractivity contribution is 0.0306. The highest BCUT2D eigenvalue weighted by Gasteiger charge is 2.42. The lowest BCUT2D eigenvalue weighted by Gasteiger charge is -2.49. The summed E-state index contributed by atoms with van der Waals surface area (Å²) < 4.78 is 54.8. The van der Waals surface area contributed by atoms with Crippen LogP contribution in [-0.4, -0.2) is 63.0 Å². The zero-order valence-electron chi connectivity index (χ0n) is 20.6.